The number of piperidine rings is 1. The highest BCUT2D eigenvalue weighted by atomic mass is 16.2. The Hall–Kier alpha value is -3.12. The minimum atomic E-state index is -0.0254. The SMILES string of the molecule is Cc1ccc(-n2nc(C)c(NC(=O)CN(C)Cc3ccccc3N3CCCCC3)c2C)cc1. The summed E-state index contributed by atoms with van der Waals surface area (Å²) in [4.78, 5) is 17.5. The first kappa shape index (κ1) is 23.1. The van der Waals surface area contributed by atoms with Crippen molar-refractivity contribution in [2.45, 2.75) is 46.6 Å². The predicted octanol–water partition coefficient (Wildman–Crippen LogP) is 4.86. The Kier molecular flexibility index (Phi) is 7.14. The lowest BCUT2D eigenvalue weighted by Gasteiger charge is -2.31. The molecule has 1 N–H and O–H groups in total. The predicted molar refractivity (Wildman–Crippen MR) is 135 cm³/mol. The summed E-state index contributed by atoms with van der Waals surface area (Å²) in [6.45, 7) is 9.29. The van der Waals surface area contributed by atoms with E-state index in [1.807, 2.05) is 37.7 Å². The van der Waals surface area contributed by atoms with Crippen LogP contribution in [0.3, 0.4) is 0 Å². The van der Waals surface area contributed by atoms with E-state index in [4.69, 9.17) is 0 Å². The fourth-order valence-corrected chi connectivity index (χ4v) is 4.62. The van der Waals surface area contributed by atoms with Crippen LogP contribution in [0.2, 0.25) is 0 Å². The molecule has 33 heavy (non-hydrogen) atoms. The third-order valence-electron chi connectivity index (χ3n) is 6.38. The molecule has 174 valence electrons. The van der Waals surface area contributed by atoms with Crippen molar-refractivity contribution in [1.29, 1.82) is 0 Å². The number of hydrogen-bond donors (Lipinski definition) is 1. The maximum absolute atomic E-state index is 12.9. The lowest BCUT2D eigenvalue weighted by molar-refractivity contribution is -0.117. The van der Waals surface area contributed by atoms with Crippen LogP contribution in [0.5, 0.6) is 0 Å². The second-order valence-corrected chi connectivity index (χ2v) is 9.19. The van der Waals surface area contributed by atoms with Crippen molar-refractivity contribution < 1.29 is 4.79 Å². The third kappa shape index (κ3) is 5.45. The molecular weight excluding hydrogens is 410 g/mol. The Labute approximate surface area is 197 Å². The van der Waals surface area contributed by atoms with E-state index >= 15 is 0 Å². The summed E-state index contributed by atoms with van der Waals surface area (Å²) >= 11 is 0. The molecule has 0 atom stereocenters. The topological polar surface area (TPSA) is 53.4 Å². The molecule has 4 rings (SSSR count). The largest absolute Gasteiger partial charge is 0.371 e. The fraction of sp³-hybridized carbons (Fsp3) is 0.407. The Balaban J connectivity index is 1.41. The van der Waals surface area contributed by atoms with Gasteiger partial charge in [0.25, 0.3) is 0 Å². The number of aryl methyl sites for hydroxylation is 2. The van der Waals surface area contributed by atoms with Crippen LogP contribution in [-0.2, 0) is 11.3 Å². The highest BCUT2D eigenvalue weighted by Crippen LogP contribution is 2.26. The Morgan fingerprint density at radius 1 is 1.00 bits per heavy atom. The van der Waals surface area contributed by atoms with Gasteiger partial charge in [-0.1, -0.05) is 35.9 Å². The minimum Gasteiger partial charge on any atom is -0.371 e. The first-order valence-corrected chi connectivity index (χ1v) is 11.9. The standard InChI is InChI=1S/C27H35N5O/c1-20-12-14-24(15-13-20)32-22(3)27(21(2)29-32)28-26(33)19-30(4)18-23-10-6-7-11-25(23)31-16-8-5-9-17-31/h6-7,10-15H,5,8-9,16-19H2,1-4H3,(H,28,33). The number of amides is 1. The van der Waals surface area contributed by atoms with E-state index in [9.17, 15) is 4.79 Å². The van der Waals surface area contributed by atoms with E-state index in [0.29, 0.717) is 6.54 Å². The molecule has 6 nitrogen and oxygen atoms in total. The molecule has 1 saturated heterocycles. The van der Waals surface area contributed by atoms with E-state index in [2.05, 4.69) is 63.5 Å². The molecule has 0 unspecified atom stereocenters. The summed E-state index contributed by atoms with van der Waals surface area (Å²) in [6.07, 6.45) is 3.82. The summed E-state index contributed by atoms with van der Waals surface area (Å²) in [6, 6.07) is 16.8. The maximum atomic E-state index is 12.9. The van der Waals surface area contributed by atoms with Gasteiger partial charge < -0.3 is 10.2 Å². The second-order valence-electron chi connectivity index (χ2n) is 9.19. The number of rotatable bonds is 7. The zero-order chi connectivity index (χ0) is 23.4. The molecule has 1 amide bonds. The molecule has 0 saturated carbocycles. The number of carbonyl (C=O) groups is 1. The number of hydrogen-bond acceptors (Lipinski definition) is 4. The summed E-state index contributed by atoms with van der Waals surface area (Å²) in [5, 5.41) is 7.76. The zero-order valence-electron chi connectivity index (χ0n) is 20.3. The smallest absolute Gasteiger partial charge is 0.238 e. The molecule has 0 spiro atoms. The van der Waals surface area contributed by atoms with Crippen molar-refractivity contribution in [1.82, 2.24) is 14.7 Å². The van der Waals surface area contributed by atoms with Gasteiger partial charge in [0.15, 0.2) is 0 Å². The summed E-state index contributed by atoms with van der Waals surface area (Å²) < 4.78 is 1.89. The average molecular weight is 446 g/mol. The molecule has 1 aliphatic rings. The molecular formula is C27H35N5O. The van der Waals surface area contributed by atoms with Crippen molar-refractivity contribution in [3.05, 3.63) is 71.0 Å². The highest BCUT2D eigenvalue weighted by Gasteiger charge is 2.18. The molecule has 1 aromatic heterocycles. The molecule has 3 aromatic rings. The first-order chi connectivity index (χ1) is 15.9. The highest BCUT2D eigenvalue weighted by molar-refractivity contribution is 5.93. The third-order valence-corrected chi connectivity index (χ3v) is 6.38. The van der Waals surface area contributed by atoms with Crippen LogP contribution in [0, 0.1) is 20.8 Å². The lowest BCUT2D eigenvalue weighted by atomic mass is 10.1. The zero-order valence-corrected chi connectivity index (χ0v) is 20.3. The van der Waals surface area contributed by atoms with Crippen LogP contribution in [0.25, 0.3) is 5.69 Å². The van der Waals surface area contributed by atoms with Gasteiger partial charge in [-0.25, -0.2) is 4.68 Å². The Bertz CT molecular complexity index is 1100. The number of likely N-dealkylation sites (N-methyl/N-ethyl adjacent to an activating group) is 1. The van der Waals surface area contributed by atoms with Crippen LogP contribution in [0.1, 0.15) is 41.8 Å². The minimum absolute atomic E-state index is 0.0254. The van der Waals surface area contributed by atoms with Gasteiger partial charge in [-0.3, -0.25) is 9.69 Å². The number of anilines is 2. The van der Waals surface area contributed by atoms with Gasteiger partial charge in [-0.15, -0.1) is 0 Å². The maximum Gasteiger partial charge on any atom is 0.238 e. The molecule has 1 fully saturated rings. The van der Waals surface area contributed by atoms with Gasteiger partial charge in [0.05, 0.1) is 29.3 Å². The van der Waals surface area contributed by atoms with Crippen LogP contribution < -0.4 is 10.2 Å². The summed E-state index contributed by atoms with van der Waals surface area (Å²) in [5.74, 6) is -0.0254. The van der Waals surface area contributed by atoms with Crippen LogP contribution in [-0.4, -0.2) is 47.3 Å². The van der Waals surface area contributed by atoms with Gasteiger partial charge >= 0.3 is 0 Å². The van der Waals surface area contributed by atoms with Gasteiger partial charge in [0.1, 0.15) is 0 Å². The molecule has 6 heteroatoms. The molecule has 2 aromatic carbocycles. The lowest BCUT2D eigenvalue weighted by Crippen LogP contribution is -2.33. The van der Waals surface area contributed by atoms with E-state index < -0.39 is 0 Å². The second kappa shape index (κ2) is 10.2. The monoisotopic (exact) mass is 445 g/mol. The number of nitrogens with zero attached hydrogens (tertiary/aromatic N) is 4. The van der Waals surface area contributed by atoms with E-state index in [1.54, 1.807) is 0 Å². The quantitative estimate of drug-likeness (QED) is 0.564. The number of para-hydroxylation sites is 1. The Morgan fingerprint density at radius 3 is 2.42 bits per heavy atom. The van der Waals surface area contributed by atoms with Gasteiger partial charge in [0.2, 0.25) is 5.91 Å². The first-order valence-electron chi connectivity index (χ1n) is 11.9. The normalized spacial score (nSPS) is 14.0. The molecule has 2 heterocycles. The molecule has 0 radical (unpaired) electrons. The number of aromatic nitrogens is 2. The summed E-state index contributed by atoms with van der Waals surface area (Å²) in [7, 11) is 2.00. The van der Waals surface area contributed by atoms with Crippen LogP contribution in [0.15, 0.2) is 48.5 Å². The van der Waals surface area contributed by atoms with E-state index in [0.717, 1.165) is 42.4 Å². The molecule has 1 aliphatic heterocycles. The van der Waals surface area contributed by atoms with Crippen LogP contribution in [0.4, 0.5) is 11.4 Å². The Morgan fingerprint density at radius 2 is 1.70 bits per heavy atom. The number of benzene rings is 2. The number of nitrogens with one attached hydrogen (secondary N) is 1. The van der Waals surface area contributed by atoms with Gasteiger partial charge in [-0.2, -0.15) is 5.10 Å². The van der Waals surface area contributed by atoms with Crippen molar-refractivity contribution >= 4 is 17.3 Å². The van der Waals surface area contributed by atoms with Crippen molar-refractivity contribution in [2.75, 3.05) is 36.9 Å². The van der Waals surface area contributed by atoms with Crippen LogP contribution >= 0.6 is 0 Å². The fourth-order valence-electron chi connectivity index (χ4n) is 4.62. The van der Waals surface area contributed by atoms with Crippen molar-refractivity contribution in [3.8, 4) is 5.69 Å². The summed E-state index contributed by atoms with van der Waals surface area (Å²) in [5.41, 5.74) is 7.32. The van der Waals surface area contributed by atoms with Gasteiger partial charge in [-0.05, 0) is 70.8 Å². The average Bonchev–Trinajstić information content (AvgIpc) is 3.08. The van der Waals surface area contributed by atoms with Crippen molar-refractivity contribution in [3.63, 3.8) is 0 Å². The van der Waals surface area contributed by atoms with Crippen molar-refractivity contribution in [2.24, 2.45) is 0 Å². The van der Waals surface area contributed by atoms with E-state index in [1.165, 1.54) is 36.1 Å². The van der Waals surface area contributed by atoms with E-state index in [-0.39, 0.29) is 5.91 Å². The molecule has 0 aliphatic carbocycles. The molecule has 0 bridgehead atoms. The number of carbonyl (C=O) groups excluding carboxylic acids is 1. The van der Waals surface area contributed by atoms with Gasteiger partial charge in [0, 0.05) is 25.3 Å².